The van der Waals surface area contributed by atoms with E-state index < -0.39 is 0 Å². The van der Waals surface area contributed by atoms with Crippen molar-refractivity contribution in [1.29, 1.82) is 5.41 Å². The Bertz CT molecular complexity index is 2300. The number of anilines is 4. The summed E-state index contributed by atoms with van der Waals surface area (Å²) in [5.74, 6) is 0. The first-order valence-corrected chi connectivity index (χ1v) is 16.1. The number of rotatable bonds is 7. The number of fused-ring (bicyclic) bond motifs is 5. The van der Waals surface area contributed by atoms with Crippen LogP contribution in [0.3, 0.4) is 0 Å². The molecule has 0 atom stereocenters. The van der Waals surface area contributed by atoms with Gasteiger partial charge in [-0.05, 0) is 70.3 Å². The Kier molecular flexibility index (Phi) is 6.96. The van der Waals surface area contributed by atoms with E-state index in [9.17, 15) is 0 Å². The van der Waals surface area contributed by atoms with Crippen molar-refractivity contribution in [3.8, 4) is 11.1 Å². The van der Waals surface area contributed by atoms with Gasteiger partial charge in [-0.25, -0.2) is 0 Å². The van der Waals surface area contributed by atoms with Crippen LogP contribution in [0, 0.1) is 5.41 Å². The SMILES string of the molecule is CC1(C)c2ccccc2-c2cc3c(Nc4ccccc4)c4ccccc4c(N(/C(C=N)=C/c4ccccc4)c4ccccc4)c3cc21. The topological polar surface area (TPSA) is 39.1 Å². The number of para-hydroxylation sites is 2. The Morgan fingerprint density at radius 2 is 1.21 bits per heavy atom. The van der Waals surface area contributed by atoms with E-state index in [-0.39, 0.29) is 5.41 Å². The van der Waals surface area contributed by atoms with Crippen molar-refractivity contribution in [1.82, 2.24) is 0 Å². The molecule has 1 aliphatic rings. The molecule has 0 unspecified atom stereocenters. The van der Waals surface area contributed by atoms with Crippen LogP contribution in [0.5, 0.6) is 0 Å². The molecule has 0 bridgehead atoms. The molecule has 226 valence electrons. The van der Waals surface area contributed by atoms with Crippen LogP contribution in [-0.2, 0) is 5.41 Å². The molecule has 0 saturated heterocycles. The number of allylic oxidation sites excluding steroid dienone is 1. The number of hydrogen-bond acceptors (Lipinski definition) is 3. The van der Waals surface area contributed by atoms with Crippen LogP contribution in [-0.4, -0.2) is 6.21 Å². The lowest BCUT2D eigenvalue weighted by Gasteiger charge is -2.31. The van der Waals surface area contributed by atoms with E-state index in [1.54, 1.807) is 0 Å². The highest BCUT2D eigenvalue weighted by Crippen LogP contribution is 2.54. The van der Waals surface area contributed by atoms with Gasteiger partial charge in [-0.3, -0.25) is 0 Å². The van der Waals surface area contributed by atoms with Crippen molar-refractivity contribution < 1.29 is 0 Å². The number of nitrogens with one attached hydrogen (secondary N) is 2. The predicted molar refractivity (Wildman–Crippen MR) is 201 cm³/mol. The average molecular weight is 606 g/mol. The summed E-state index contributed by atoms with van der Waals surface area (Å²) < 4.78 is 0. The first kappa shape index (κ1) is 28.5. The van der Waals surface area contributed by atoms with Crippen molar-refractivity contribution in [2.24, 2.45) is 0 Å². The molecule has 0 spiro atoms. The predicted octanol–water partition coefficient (Wildman–Crippen LogP) is 11.9. The van der Waals surface area contributed by atoms with E-state index in [1.165, 1.54) is 28.5 Å². The maximum atomic E-state index is 8.77. The van der Waals surface area contributed by atoms with Crippen LogP contribution in [0.1, 0.15) is 30.5 Å². The Hall–Kier alpha value is -5.93. The van der Waals surface area contributed by atoms with Crippen LogP contribution in [0.15, 0.2) is 157 Å². The number of benzene rings is 7. The van der Waals surface area contributed by atoms with Crippen LogP contribution >= 0.6 is 0 Å². The summed E-state index contributed by atoms with van der Waals surface area (Å²) in [5, 5.41) is 17.1. The van der Waals surface area contributed by atoms with E-state index in [2.05, 4.69) is 151 Å². The van der Waals surface area contributed by atoms with Crippen LogP contribution in [0.4, 0.5) is 22.7 Å². The molecule has 0 heterocycles. The maximum absolute atomic E-state index is 8.77. The number of hydrogen-bond donors (Lipinski definition) is 2. The van der Waals surface area contributed by atoms with Gasteiger partial charge in [-0.1, -0.05) is 129 Å². The first-order chi connectivity index (χ1) is 23.0. The molecule has 0 aliphatic heterocycles. The van der Waals surface area contributed by atoms with Gasteiger partial charge in [0.2, 0.25) is 0 Å². The lowest BCUT2D eigenvalue weighted by Crippen LogP contribution is -2.19. The second-order valence-corrected chi connectivity index (χ2v) is 12.7. The lowest BCUT2D eigenvalue weighted by atomic mass is 9.81. The molecule has 1 aliphatic carbocycles. The molecule has 0 saturated carbocycles. The summed E-state index contributed by atoms with van der Waals surface area (Å²) in [6.45, 7) is 4.67. The van der Waals surface area contributed by atoms with Crippen molar-refractivity contribution in [3.05, 3.63) is 174 Å². The van der Waals surface area contributed by atoms with E-state index in [4.69, 9.17) is 5.41 Å². The third-order valence-corrected chi connectivity index (χ3v) is 9.50. The fourth-order valence-electron chi connectivity index (χ4n) is 7.26. The lowest BCUT2D eigenvalue weighted by molar-refractivity contribution is 0.661. The number of nitrogens with zero attached hydrogens (tertiary/aromatic N) is 1. The molecule has 0 fully saturated rings. The molecule has 7 aromatic carbocycles. The zero-order chi connectivity index (χ0) is 32.0. The standard InChI is InChI=1S/C44H35N3/c1-44(2)40-25-15-14-22-34(40)37-27-38-39(28-41(37)44)43(36-24-13-12-23-35(36)42(38)46-31-18-8-4-9-19-31)47(32-20-10-5-11-21-32)33(29-45)26-30-16-6-3-7-17-30/h3-29,45-46H,1-2H3/b33-26+,45-29?. The van der Waals surface area contributed by atoms with Crippen LogP contribution in [0.25, 0.3) is 38.7 Å². The Balaban J connectivity index is 1.52. The molecular weight excluding hydrogens is 571 g/mol. The minimum atomic E-state index is -0.169. The minimum absolute atomic E-state index is 0.169. The largest absolute Gasteiger partial charge is 0.355 e. The second-order valence-electron chi connectivity index (χ2n) is 12.7. The molecule has 3 heteroatoms. The zero-order valence-electron chi connectivity index (χ0n) is 26.5. The fraction of sp³-hybridized carbons (Fsp3) is 0.0682. The minimum Gasteiger partial charge on any atom is -0.355 e. The monoisotopic (exact) mass is 605 g/mol. The van der Waals surface area contributed by atoms with Crippen molar-refractivity contribution >= 4 is 56.6 Å². The highest BCUT2D eigenvalue weighted by Gasteiger charge is 2.36. The van der Waals surface area contributed by atoms with Crippen molar-refractivity contribution in [2.75, 3.05) is 10.2 Å². The molecular formula is C44H35N3. The van der Waals surface area contributed by atoms with Crippen molar-refractivity contribution in [2.45, 2.75) is 19.3 Å². The second kappa shape index (κ2) is 11.5. The van der Waals surface area contributed by atoms with Gasteiger partial charge in [0.25, 0.3) is 0 Å². The van der Waals surface area contributed by atoms with Gasteiger partial charge in [-0.15, -0.1) is 0 Å². The zero-order valence-corrected chi connectivity index (χ0v) is 26.5. The molecule has 3 nitrogen and oxygen atoms in total. The third-order valence-electron chi connectivity index (χ3n) is 9.50. The van der Waals surface area contributed by atoms with Gasteiger partial charge in [-0.2, -0.15) is 0 Å². The maximum Gasteiger partial charge on any atom is 0.0643 e. The molecule has 0 amide bonds. The van der Waals surface area contributed by atoms with Gasteiger partial charge in [0, 0.05) is 44.5 Å². The molecule has 8 rings (SSSR count). The third kappa shape index (κ3) is 4.79. The van der Waals surface area contributed by atoms with Gasteiger partial charge in [0.1, 0.15) is 0 Å². The van der Waals surface area contributed by atoms with Crippen LogP contribution in [0.2, 0.25) is 0 Å². The fourth-order valence-corrected chi connectivity index (χ4v) is 7.26. The summed E-state index contributed by atoms with van der Waals surface area (Å²) in [5.41, 5.74) is 11.0. The van der Waals surface area contributed by atoms with Crippen molar-refractivity contribution in [3.63, 3.8) is 0 Å². The molecule has 2 N–H and O–H groups in total. The van der Waals surface area contributed by atoms with Gasteiger partial charge in [0.15, 0.2) is 0 Å². The summed E-state index contributed by atoms with van der Waals surface area (Å²) in [4.78, 5) is 2.26. The van der Waals surface area contributed by atoms with Crippen LogP contribution < -0.4 is 10.2 Å². The van der Waals surface area contributed by atoms with Gasteiger partial charge >= 0.3 is 0 Å². The van der Waals surface area contributed by atoms with E-state index in [0.29, 0.717) is 0 Å². The summed E-state index contributed by atoms with van der Waals surface area (Å²) in [6, 6.07) is 53.4. The summed E-state index contributed by atoms with van der Waals surface area (Å²) in [7, 11) is 0. The highest BCUT2D eigenvalue weighted by molar-refractivity contribution is 6.23. The highest BCUT2D eigenvalue weighted by atomic mass is 15.2. The normalized spacial score (nSPS) is 13.3. The summed E-state index contributed by atoms with van der Waals surface area (Å²) >= 11 is 0. The van der Waals surface area contributed by atoms with E-state index in [0.717, 1.165) is 55.6 Å². The Labute approximate surface area is 276 Å². The first-order valence-electron chi connectivity index (χ1n) is 16.1. The summed E-state index contributed by atoms with van der Waals surface area (Å²) in [6.07, 6.45) is 3.58. The molecule has 0 aromatic heterocycles. The average Bonchev–Trinajstić information content (AvgIpc) is 3.35. The smallest absolute Gasteiger partial charge is 0.0643 e. The Morgan fingerprint density at radius 1 is 0.596 bits per heavy atom. The van der Waals surface area contributed by atoms with Gasteiger partial charge < -0.3 is 15.6 Å². The Morgan fingerprint density at radius 3 is 1.94 bits per heavy atom. The van der Waals surface area contributed by atoms with E-state index >= 15 is 0 Å². The molecule has 47 heavy (non-hydrogen) atoms. The van der Waals surface area contributed by atoms with E-state index in [1.807, 2.05) is 30.3 Å². The molecule has 7 aromatic rings. The quantitative estimate of drug-likeness (QED) is 0.108. The molecule has 0 radical (unpaired) electrons. The van der Waals surface area contributed by atoms with Gasteiger partial charge in [0.05, 0.1) is 17.1 Å².